The number of nitrogens with one attached hydrogen (secondary N) is 1. The molecule has 0 aliphatic carbocycles. The van der Waals surface area contributed by atoms with Crippen LogP contribution in [0.1, 0.15) is 38.7 Å². The first-order valence-corrected chi connectivity index (χ1v) is 6.96. The van der Waals surface area contributed by atoms with E-state index in [4.69, 9.17) is 4.74 Å². The Bertz CT molecular complexity index is 320. The van der Waals surface area contributed by atoms with Crippen LogP contribution in [-0.2, 0) is 6.18 Å². The van der Waals surface area contributed by atoms with E-state index in [2.05, 4.69) is 5.32 Å². The van der Waals surface area contributed by atoms with E-state index in [0.717, 1.165) is 12.1 Å². The van der Waals surface area contributed by atoms with Crippen molar-refractivity contribution >= 4 is 0 Å². The molecule has 1 fully saturated rings. The van der Waals surface area contributed by atoms with Crippen molar-refractivity contribution in [1.29, 1.82) is 0 Å². The van der Waals surface area contributed by atoms with E-state index in [-0.39, 0.29) is 0 Å². The van der Waals surface area contributed by atoms with Gasteiger partial charge in [0.05, 0.1) is 12.7 Å². The minimum absolute atomic E-state index is 0.419. The molecule has 0 radical (unpaired) electrons. The summed E-state index contributed by atoms with van der Waals surface area (Å²) in [5, 5.41) is 3.28. The molecule has 1 N–H and O–H groups in total. The number of benzene rings is 1. The Morgan fingerprint density at radius 3 is 1.70 bits per heavy atom. The van der Waals surface area contributed by atoms with Crippen molar-refractivity contribution in [2.45, 2.75) is 39.3 Å². The van der Waals surface area contributed by atoms with Crippen molar-refractivity contribution in [3.05, 3.63) is 29.8 Å². The summed E-state index contributed by atoms with van der Waals surface area (Å²) in [5.74, 6) is 0.419. The molecule has 0 aromatic heterocycles. The molecule has 0 atom stereocenters. The fraction of sp³-hybridized carbons (Fsp3) is 0.600. The lowest BCUT2D eigenvalue weighted by molar-refractivity contribution is -0.137. The number of rotatable bonds is 1. The highest BCUT2D eigenvalue weighted by molar-refractivity contribution is 5.28. The molecule has 116 valence electrons. The second-order valence-electron chi connectivity index (χ2n) is 4.04. The summed E-state index contributed by atoms with van der Waals surface area (Å²) >= 11 is 0. The number of halogens is 3. The molecule has 0 bridgehead atoms. The monoisotopic (exact) mass is 291 g/mol. The molecule has 20 heavy (non-hydrogen) atoms. The van der Waals surface area contributed by atoms with E-state index >= 15 is 0 Å². The fourth-order valence-corrected chi connectivity index (χ4v) is 1.58. The molecule has 1 aliphatic heterocycles. The maximum atomic E-state index is 12.0. The maximum absolute atomic E-state index is 12.0. The normalized spacial score (nSPS) is 14.3. The van der Waals surface area contributed by atoms with E-state index in [1.807, 2.05) is 13.8 Å². The Morgan fingerprint density at radius 2 is 1.45 bits per heavy atom. The minimum Gasteiger partial charge on any atom is -0.497 e. The summed E-state index contributed by atoms with van der Waals surface area (Å²) in [5.41, 5.74) is -0.664. The lowest BCUT2D eigenvalue weighted by Crippen LogP contribution is -2.21. The Balaban J connectivity index is 0.000000377. The Labute approximate surface area is 119 Å². The van der Waals surface area contributed by atoms with Gasteiger partial charge in [0, 0.05) is 0 Å². The number of alkyl halides is 3. The van der Waals surface area contributed by atoms with Crippen LogP contribution in [0.25, 0.3) is 0 Å². The van der Waals surface area contributed by atoms with Crippen LogP contribution in [0.3, 0.4) is 0 Å². The van der Waals surface area contributed by atoms with E-state index in [1.165, 1.54) is 51.6 Å². The van der Waals surface area contributed by atoms with Crippen LogP contribution in [0.15, 0.2) is 24.3 Å². The SMILES string of the molecule is C1CCNCC1.CC.COc1ccc(C(F)(F)F)cc1. The predicted octanol–water partition coefficient (Wildman–Crippen LogP) is 4.50. The van der Waals surface area contributed by atoms with Gasteiger partial charge in [0.15, 0.2) is 0 Å². The van der Waals surface area contributed by atoms with Crippen molar-refractivity contribution in [3.63, 3.8) is 0 Å². The molecular formula is C15H24F3NO. The van der Waals surface area contributed by atoms with Gasteiger partial charge in [-0.25, -0.2) is 0 Å². The number of piperidine rings is 1. The summed E-state index contributed by atoms with van der Waals surface area (Å²) in [4.78, 5) is 0. The van der Waals surface area contributed by atoms with Crippen LogP contribution in [0.4, 0.5) is 13.2 Å². The smallest absolute Gasteiger partial charge is 0.416 e. The molecule has 0 saturated carbocycles. The van der Waals surface area contributed by atoms with Crippen LogP contribution in [-0.4, -0.2) is 20.2 Å². The second-order valence-corrected chi connectivity index (χ2v) is 4.04. The van der Waals surface area contributed by atoms with Crippen molar-refractivity contribution < 1.29 is 17.9 Å². The van der Waals surface area contributed by atoms with E-state index < -0.39 is 11.7 Å². The van der Waals surface area contributed by atoms with Gasteiger partial charge < -0.3 is 10.1 Å². The van der Waals surface area contributed by atoms with Crippen molar-refractivity contribution in [2.24, 2.45) is 0 Å². The van der Waals surface area contributed by atoms with Gasteiger partial charge >= 0.3 is 6.18 Å². The zero-order chi connectivity index (χ0) is 15.4. The van der Waals surface area contributed by atoms with Gasteiger partial charge in [0.2, 0.25) is 0 Å². The van der Waals surface area contributed by atoms with Gasteiger partial charge in [-0.1, -0.05) is 20.3 Å². The highest BCUT2D eigenvalue weighted by atomic mass is 19.4. The summed E-state index contributed by atoms with van der Waals surface area (Å²) in [7, 11) is 1.41. The van der Waals surface area contributed by atoms with Crippen LogP contribution in [0, 0.1) is 0 Å². The number of ether oxygens (including phenoxy) is 1. The first kappa shape index (κ1) is 18.8. The molecule has 0 amide bonds. The first-order chi connectivity index (χ1) is 9.54. The number of methoxy groups -OCH3 is 1. The largest absolute Gasteiger partial charge is 0.497 e. The predicted molar refractivity (Wildman–Crippen MR) is 76.1 cm³/mol. The quantitative estimate of drug-likeness (QED) is 0.822. The third-order valence-electron chi connectivity index (χ3n) is 2.62. The molecule has 1 aliphatic rings. The van der Waals surface area contributed by atoms with Gasteiger partial charge in [-0.2, -0.15) is 13.2 Å². The lowest BCUT2D eigenvalue weighted by Gasteiger charge is -2.08. The fourth-order valence-electron chi connectivity index (χ4n) is 1.58. The number of hydrogen-bond donors (Lipinski definition) is 1. The molecule has 0 unspecified atom stereocenters. The standard InChI is InChI=1S/C8H7F3O.C5H11N.C2H6/c1-12-7-4-2-6(3-5-7)8(9,10)11;1-2-4-6-5-3-1;1-2/h2-5H,1H3;6H,1-5H2;1-2H3. The summed E-state index contributed by atoms with van der Waals surface area (Å²) in [6, 6.07) is 4.53. The molecule has 1 heterocycles. The zero-order valence-corrected chi connectivity index (χ0v) is 12.4. The average Bonchev–Trinajstić information content (AvgIpc) is 2.51. The molecule has 1 aromatic carbocycles. The van der Waals surface area contributed by atoms with Crippen LogP contribution in [0.5, 0.6) is 5.75 Å². The lowest BCUT2D eigenvalue weighted by atomic mass is 10.2. The summed E-state index contributed by atoms with van der Waals surface area (Å²) in [6.45, 7) is 6.50. The van der Waals surface area contributed by atoms with Gasteiger partial charge in [0.1, 0.15) is 5.75 Å². The highest BCUT2D eigenvalue weighted by Crippen LogP contribution is 2.29. The second kappa shape index (κ2) is 10.5. The van der Waals surface area contributed by atoms with Crippen LogP contribution in [0.2, 0.25) is 0 Å². The number of hydrogen-bond acceptors (Lipinski definition) is 2. The van der Waals surface area contributed by atoms with Crippen LogP contribution >= 0.6 is 0 Å². The first-order valence-electron chi connectivity index (χ1n) is 6.96. The molecule has 2 rings (SSSR count). The minimum atomic E-state index is -4.27. The van der Waals surface area contributed by atoms with Crippen LogP contribution < -0.4 is 10.1 Å². The molecule has 5 heteroatoms. The van der Waals surface area contributed by atoms with Gasteiger partial charge in [-0.3, -0.25) is 0 Å². The van der Waals surface area contributed by atoms with Crippen molar-refractivity contribution in [2.75, 3.05) is 20.2 Å². The summed E-state index contributed by atoms with van der Waals surface area (Å²) < 4.78 is 40.7. The van der Waals surface area contributed by atoms with E-state index in [9.17, 15) is 13.2 Å². The Hall–Kier alpha value is -1.23. The Morgan fingerprint density at radius 1 is 0.950 bits per heavy atom. The highest BCUT2D eigenvalue weighted by Gasteiger charge is 2.29. The molecular weight excluding hydrogens is 267 g/mol. The molecule has 0 spiro atoms. The molecule has 1 saturated heterocycles. The summed E-state index contributed by atoms with van der Waals surface area (Å²) in [6.07, 6.45) is -0.0563. The third-order valence-corrected chi connectivity index (χ3v) is 2.62. The van der Waals surface area contributed by atoms with Gasteiger partial charge in [-0.05, 0) is 50.2 Å². The zero-order valence-electron chi connectivity index (χ0n) is 12.4. The average molecular weight is 291 g/mol. The van der Waals surface area contributed by atoms with Gasteiger partial charge in [0.25, 0.3) is 0 Å². The van der Waals surface area contributed by atoms with E-state index in [1.54, 1.807) is 0 Å². The van der Waals surface area contributed by atoms with Crippen molar-refractivity contribution in [1.82, 2.24) is 5.32 Å². The third kappa shape index (κ3) is 8.04. The molecule has 2 nitrogen and oxygen atoms in total. The van der Waals surface area contributed by atoms with Gasteiger partial charge in [-0.15, -0.1) is 0 Å². The maximum Gasteiger partial charge on any atom is 0.416 e. The topological polar surface area (TPSA) is 21.3 Å². The molecule has 1 aromatic rings. The van der Waals surface area contributed by atoms with Crippen molar-refractivity contribution in [3.8, 4) is 5.75 Å². The Kier molecular flexibility index (Phi) is 9.90. The van der Waals surface area contributed by atoms with E-state index in [0.29, 0.717) is 5.75 Å².